The number of aryl methyl sites for hydroxylation is 1. The van der Waals surface area contributed by atoms with Crippen LogP contribution in [0.2, 0.25) is 5.02 Å². The van der Waals surface area contributed by atoms with E-state index in [9.17, 15) is 13.5 Å². The zero-order valence-electron chi connectivity index (χ0n) is 11.1. The van der Waals surface area contributed by atoms with Crippen molar-refractivity contribution in [3.8, 4) is 5.75 Å². The Morgan fingerprint density at radius 2 is 1.86 bits per heavy atom. The second-order valence-electron chi connectivity index (χ2n) is 4.77. The highest BCUT2D eigenvalue weighted by atomic mass is 35.5. The summed E-state index contributed by atoms with van der Waals surface area (Å²) in [6, 6.07) is 11.1. The third-order valence-corrected chi connectivity index (χ3v) is 5.28. The average molecular weight is 322 g/mol. The van der Waals surface area contributed by atoms with Gasteiger partial charge < -0.3 is 5.11 Å². The number of aromatic nitrogens is 1. The quantitative estimate of drug-likeness (QED) is 0.785. The first-order valence-electron chi connectivity index (χ1n) is 6.21. The van der Waals surface area contributed by atoms with Gasteiger partial charge in [0.2, 0.25) is 0 Å². The van der Waals surface area contributed by atoms with Gasteiger partial charge in [0, 0.05) is 22.7 Å². The molecule has 3 rings (SSSR count). The highest BCUT2D eigenvalue weighted by molar-refractivity contribution is 7.90. The van der Waals surface area contributed by atoms with Gasteiger partial charge in [-0.3, -0.25) is 0 Å². The minimum atomic E-state index is -3.78. The lowest BCUT2D eigenvalue weighted by Gasteiger charge is -2.09. The number of aromatic hydroxyl groups is 1. The van der Waals surface area contributed by atoms with Gasteiger partial charge in [-0.2, -0.15) is 0 Å². The Morgan fingerprint density at radius 1 is 1.10 bits per heavy atom. The highest BCUT2D eigenvalue weighted by Crippen LogP contribution is 2.27. The second-order valence-corrected chi connectivity index (χ2v) is 7.02. The summed E-state index contributed by atoms with van der Waals surface area (Å²) in [7, 11) is -3.78. The van der Waals surface area contributed by atoms with E-state index in [0.717, 1.165) is 5.39 Å². The molecule has 0 radical (unpaired) electrons. The van der Waals surface area contributed by atoms with Crippen LogP contribution in [0.5, 0.6) is 5.75 Å². The van der Waals surface area contributed by atoms with Crippen LogP contribution in [0.3, 0.4) is 0 Å². The molecule has 1 aromatic heterocycles. The van der Waals surface area contributed by atoms with Crippen molar-refractivity contribution in [2.75, 3.05) is 0 Å². The molecule has 108 valence electrons. The molecule has 0 aliphatic heterocycles. The number of fused-ring (bicyclic) bond motifs is 1. The molecule has 0 aliphatic rings. The summed E-state index contributed by atoms with van der Waals surface area (Å²) < 4.78 is 26.5. The molecule has 2 aromatic carbocycles. The van der Waals surface area contributed by atoms with Gasteiger partial charge in [-0.1, -0.05) is 23.7 Å². The number of phenols is 1. The number of benzene rings is 2. The SMILES string of the molecule is Cc1ccc(S(=O)(=O)n2ccc3ccc(Cl)cc32)cc1O. The van der Waals surface area contributed by atoms with Crippen molar-refractivity contribution in [1.29, 1.82) is 0 Å². The van der Waals surface area contributed by atoms with E-state index in [-0.39, 0.29) is 10.6 Å². The average Bonchev–Trinajstić information content (AvgIpc) is 2.85. The van der Waals surface area contributed by atoms with Gasteiger partial charge in [-0.15, -0.1) is 0 Å². The lowest BCUT2D eigenvalue weighted by atomic mass is 10.2. The van der Waals surface area contributed by atoms with Gasteiger partial charge in [0.05, 0.1) is 10.4 Å². The van der Waals surface area contributed by atoms with Crippen LogP contribution in [-0.4, -0.2) is 17.5 Å². The standard InChI is InChI=1S/C15H12ClNO3S/c1-10-2-5-13(9-15(10)18)21(19,20)17-7-6-11-3-4-12(16)8-14(11)17/h2-9,18H,1H3. The van der Waals surface area contributed by atoms with Gasteiger partial charge in [-0.05, 0) is 36.8 Å². The molecule has 0 atom stereocenters. The third kappa shape index (κ3) is 2.28. The molecule has 0 amide bonds. The predicted molar refractivity (Wildman–Crippen MR) is 82.4 cm³/mol. The van der Waals surface area contributed by atoms with Crippen molar-refractivity contribution in [1.82, 2.24) is 3.97 Å². The van der Waals surface area contributed by atoms with Crippen molar-refractivity contribution in [2.45, 2.75) is 11.8 Å². The fourth-order valence-electron chi connectivity index (χ4n) is 2.15. The molecule has 6 heteroatoms. The van der Waals surface area contributed by atoms with Crippen molar-refractivity contribution in [3.05, 3.63) is 59.2 Å². The molecule has 1 N–H and O–H groups in total. The summed E-state index contributed by atoms with van der Waals surface area (Å²) in [4.78, 5) is 0.0306. The van der Waals surface area contributed by atoms with Crippen LogP contribution in [0.1, 0.15) is 5.56 Å². The lowest BCUT2D eigenvalue weighted by Crippen LogP contribution is -2.11. The van der Waals surface area contributed by atoms with E-state index in [0.29, 0.717) is 16.1 Å². The molecular formula is C15H12ClNO3S. The van der Waals surface area contributed by atoms with E-state index in [1.54, 1.807) is 37.3 Å². The fourth-order valence-corrected chi connectivity index (χ4v) is 3.68. The molecule has 3 aromatic rings. The molecule has 0 saturated carbocycles. The summed E-state index contributed by atoms with van der Waals surface area (Å²) in [5, 5.41) is 11.0. The van der Waals surface area contributed by atoms with Gasteiger partial charge in [0.15, 0.2) is 0 Å². The Hall–Kier alpha value is -1.98. The molecule has 0 saturated heterocycles. The minimum Gasteiger partial charge on any atom is -0.508 e. The molecule has 4 nitrogen and oxygen atoms in total. The zero-order valence-corrected chi connectivity index (χ0v) is 12.7. The smallest absolute Gasteiger partial charge is 0.268 e. The first-order valence-corrected chi connectivity index (χ1v) is 8.03. The van der Waals surface area contributed by atoms with Crippen LogP contribution < -0.4 is 0 Å². The predicted octanol–water partition coefficient (Wildman–Crippen LogP) is 3.55. The summed E-state index contributed by atoms with van der Waals surface area (Å²) in [5.74, 6) is -0.0504. The molecule has 1 heterocycles. The van der Waals surface area contributed by atoms with E-state index in [4.69, 9.17) is 11.6 Å². The summed E-state index contributed by atoms with van der Waals surface area (Å²) in [6.45, 7) is 1.70. The van der Waals surface area contributed by atoms with Crippen LogP contribution >= 0.6 is 11.6 Å². The van der Waals surface area contributed by atoms with Gasteiger partial charge >= 0.3 is 0 Å². The van der Waals surface area contributed by atoms with Crippen LogP contribution in [0.4, 0.5) is 0 Å². The fraction of sp³-hybridized carbons (Fsp3) is 0.0667. The number of hydrogen-bond donors (Lipinski definition) is 1. The first-order chi connectivity index (χ1) is 9.89. The van der Waals surface area contributed by atoms with Crippen molar-refractivity contribution >= 4 is 32.5 Å². The molecule has 21 heavy (non-hydrogen) atoms. The monoisotopic (exact) mass is 321 g/mol. The van der Waals surface area contributed by atoms with Crippen LogP contribution in [0, 0.1) is 6.92 Å². The largest absolute Gasteiger partial charge is 0.508 e. The minimum absolute atomic E-state index is 0.0306. The number of nitrogens with zero attached hydrogens (tertiary/aromatic N) is 1. The van der Waals surface area contributed by atoms with Crippen LogP contribution in [0.15, 0.2) is 53.6 Å². The maximum Gasteiger partial charge on any atom is 0.268 e. The summed E-state index contributed by atoms with van der Waals surface area (Å²) >= 11 is 5.94. The summed E-state index contributed by atoms with van der Waals surface area (Å²) in [6.07, 6.45) is 1.48. The topological polar surface area (TPSA) is 59.3 Å². The van der Waals surface area contributed by atoms with Gasteiger partial charge in [-0.25, -0.2) is 12.4 Å². The maximum atomic E-state index is 12.7. The normalized spacial score (nSPS) is 11.9. The highest BCUT2D eigenvalue weighted by Gasteiger charge is 2.19. The Morgan fingerprint density at radius 3 is 2.57 bits per heavy atom. The molecular weight excluding hydrogens is 310 g/mol. The van der Waals surface area contributed by atoms with E-state index >= 15 is 0 Å². The molecule has 0 aliphatic carbocycles. The number of halogens is 1. The first kappa shape index (κ1) is 14.0. The molecule has 0 unspecified atom stereocenters. The summed E-state index contributed by atoms with van der Waals surface area (Å²) in [5.41, 5.74) is 1.12. The Bertz CT molecular complexity index is 945. The van der Waals surface area contributed by atoms with Crippen LogP contribution in [-0.2, 0) is 10.0 Å². The molecule has 0 spiro atoms. The number of hydrogen-bond acceptors (Lipinski definition) is 3. The van der Waals surface area contributed by atoms with Gasteiger partial charge in [0.25, 0.3) is 10.0 Å². The van der Waals surface area contributed by atoms with Crippen molar-refractivity contribution in [2.24, 2.45) is 0 Å². The Balaban J connectivity index is 2.24. The molecule has 0 fully saturated rings. The Kier molecular flexibility index (Phi) is 3.19. The van der Waals surface area contributed by atoms with Crippen molar-refractivity contribution in [3.63, 3.8) is 0 Å². The van der Waals surface area contributed by atoms with Crippen LogP contribution in [0.25, 0.3) is 10.9 Å². The van der Waals surface area contributed by atoms with E-state index in [2.05, 4.69) is 0 Å². The number of rotatable bonds is 2. The Labute approximate surface area is 127 Å². The molecule has 0 bridgehead atoms. The van der Waals surface area contributed by atoms with E-state index < -0.39 is 10.0 Å². The third-order valence-electron chi connectivity index (χ3n) is 3.36. The zero-order chi connectivity index (χ0) is 15.2. The second kappa shape index (κ2) is 4.79. The maximum absolute atomic E-state index is 12.7. The number of phenolic OH excluding ortho intramolecular Hbond substituents is 1. The van der Waals surface area contributed by atoms with E-state index in [1.165, 1.54) is 22.3 Å². The van der Waals surface area contributed by atoms with Crippen molar-refractivity contribution < 1.29 is 13.5 Å². The lowest BCUT2D eigenvalue weighted by molar-refractivity contribution is 0.469. The van der Waals surface area contributed by atoms with E-state index in [1.807, 2.05) is 0 Å². The van der Waals surface area contributed by atoms with Gasteiger partial charge in [0.1, 0.15) is 5.75 Å².